The van der Waals surface area contributed by atoms with Crippen LogP contribution in [0.5, 0.6) is 0 Å². The van der Waals surface area contributed by atoms with Crippen LogP contribution in [0.25, 0.3) is 0 Å². The molecule has 1 unspecified atom stereocenters. The van der Waals surface area contributed by atoms with Crippen molar-refractivity contribution in [2.24, 2.45) is 11.8 Å². The molecule has 144 valence electrons. The van der Waals surface area contributed by atoms with Crippen LogP contribution < -0.4 is 5.32 Å². The first-order valence-electron chi connectivity index (χ1n) is 8.79. The molecule has 25 heavy (non-hydrogen) atoms. The van der Waals surface area contributed by atoms with Gasteiger partial charge in [0.25, 0.3) is 0 Å². The zero-order chi connectivity index (χ0) is 19.0. The van der Waals surface area contributed by atoms with E-state index in [2.05, 4.69) is 10.1 Å². The van der Waals surface area contributed by atoms with Gasteiger partial charge in [0.2, 0.25) is 5.91 Å². The van der Waals surface area contributed by atoms with Crippen LogP contribution >= 0.6 is 0 Å². The van der Waals surface area contributed by atoms with Crippen molar-refractivity contribution in [2.75, 3.05) is 39.9 Å². The second kappa shape index (κ2) is 10.1. The van der Waals surface area contributed by atoms with Crippen molar-refractivity contribution in [3.05, 3.63) is 0 Å². The lowest BCUT2D eigenvalue weighted by Gasteiger charge is -2.36. The molecule has 0 saturated carbocycles. The summed E-state index contributed by atoms with van der Waals surface area (Å²) in [6.45, 7) is 10.0. The van der Waals surface area contributed by atoms with Gasteiger partial charge in [0.1, 0.15) is 6.04 Å². The predicted molar refractivity (Wildman–Crippen MR) is 93.1 cm³/mol. The minimum absolute atomic E-state index is 0.144. The summed E-state index contributed by atoms with van der Waals surface area (Å²) in [4.78, 5) is 39.4. The summed E-state index contributed by atoms with van der Waals surface area (Å²) in [7, 11) is 1.27. The Bertz CT molecular complexity index is 459. The number of nitrogens with one attached hydrogen (secondary N) is 1. The average Bonchev–Trinajstić information content (AvgIpc) is 2.57. The van der Waals surface area contributed by atoms with Gasteiger partial charge in [-0.2, -0.15) is 0 Å². The summed E-state index contributed by atoms with van der Waals surface area (Å²) in [6.07, 6.45) is -0.424. The predicted octanol–water partition coefficient (Wildman–Crippen LogP) is 1.69. The summed E-state index contributed by atoms with van der Waals surface area (Å²) in [6, 6.07) is -0.619. The van der Waals surface area contributed by atoms with Crippen molar-refractivity contribution in [1.29, 1.82) is 0 Å². The van der Waals surface area contributed by atoms with Crippen molar-refractivity contribution in [3.8, 4) is 0 Å². The van der Waals surface area contributed by atoms with Gasteiger partial charge in [-0.25, -0.2) is 9.59 Å². The molecule has 8 heteroatoms. The molecule has 1 aliphatic rings. The van der Waals surface area contributed by atoms with Crippen LogP contribution in [0.15, 0.2) is 0 Å². The average molecular weight is 357 g/mol. The molecule has 1 heterocycles. The summed E-state index contributed by atoms with van der Waals surface area (Å²) in [5.41, 5.74) is 0. The minimum Gasteiger partial charge on any atom is -0.453 e. The fraction of sp³-hybridized carbons (Fsp3) is 0.824. The second-order valence-electron chi connectivity index (χ2n) is 7.10. The Morgan fingerprint density at radius 3 is 2.00 bits per heavy atom. The minimum atomic E-state index is -0.619. The second-order valence-corrected chi connectivity index (χ2v) is 7.10. The standard InChI is InChI=1S/C17H31N3O5/c1-12(2)10-14(18-16(22)24-5)15(21)19-6-8-20(9-7-19)17(23)25-11-13(3)4/h12-14H,6-11H2,1-5H3,(H,18,22). The molecule has 0 bridgehead atoms. The maximum Gasteiger partial charge on any atom is 0.409 e. The number of amides is 3. The summed E-state index contributed by atoms with van der Waals surface area (Å²) < 4.78 is 9.82. The van der Waals surface area contributed by atoms with Crippen molar-refractivity contribution < 1.29 is 23.9 Å². The zero-order valence-corrected chi connectivity index (χ0v) is 15.9. The van der Waals surface area contributed by atoms with Crippen molar-refractivity contribution >= 4 is 18.1 Å². The van der Waals surface area contributed by atoms with Crippen LogP contribution in [-0.4, -0.2) is 73.8 Å². The van der Waals surface area contributed by atoms with Gasteiger partial charge in [0, 0.05) is 26.2 Å². The van der Waals surface area contributed by atoms with Gasteiger partial charge in [0.15, 0.2) is 0 Å². The summed E-state index contributed by atoms with van der Waals surface area (Å²) >= 11 is 0. The van der Waals surface area contributed by atoms with E-state index in [0.717, 1.165) is 0 Å². The molecule has 1 rings (SSSR count). The van der Waals surface area contributed by atoms with E-state index >= 15 is 0 Å². The quantitative estimate of drug-likeness (QED) is 0.781. The smallest absolute Gasteiger partial charge is 0.409 e. The highest BCUT2D eigenvalue weighted by Crippen LogP contribution is 2.12. The Balaban J connectivity index is 2.56. The SMILES string of the molecule is COC(=O)NC(CC(C)C)C(=O)N1CCN(C(=O)OCC(C)C)CC1. The van der Waals surface area contributed by atoms with Crippen LogP contribution in [-0.2, 0) is 14.3 Å². The van der Waals surface area contributed by atoms with Gasteiger partial charge in [0.05, 0.1) is 13.7 Å². The van der Waals surface area contributed by atoms with E-state index in [1.54, 1.807) is 9.80 Å². The summed E-state index contributed by atoms with van der Waals surface area (Å²) in [5, 5.41) is 2.60. The zero-order valence-electron chi connectivity index (χ0n) is 15.9. The third-order valence-electron chi connectivity index (χ3n) is 3.87. The number of alkyl carbamates (subject to hydrolysis) is 1. The van der Waals surface area contributed by atoms with Gasteiger partial charge < -0.3 is 24.6 Å². The molecule has 8 nitrogen and oxygen atoms in total. The normalized spacial score (nSPS) is 16.0. The topological polar surface area (TPSA) is 88.2 Å². The number of nitrogens with zero attached hydrogens (tertiary/aromatic N) is 2. The third-order valence-corrected chi connectivity index (χ3v) is 3.87. The van der Waals surface area contributed by atoms with Gasteiger partial charge in [-0.05, 0) is 18.3 Å². The van der Waals surface area contributed by atoms with Gasteiger partial charge in [-0.3, -0.25) is 4.79 Å². The van der Waals surface area contributed by atoms with Crippen molar-refractivity contribution in [2.45, 2.75) is 40.2 Å². The molecule has 1 N–H and O–H groups in total. The number of methoxy groups -OCH3 is 1. The van der Waals surface area contributed by atoms with Crippen LogP contribution in [0.4, 0.5) is 9.59 Å². The Morgan fingerprint density at radius 1 is 0.960 bits per heavy atom. The maximum atomic E-state index is 12.7. The highest BCUT2D eigenvalue weighted by Gasteiger charge is 2.31. The van der Waals surface area contributed by atoms with E-state index < -0.39 is 12.1 Å². The fourth-order valence-corrected chi connectivity index (χ4v) is 2.55. The molecular weight excluding hydrogens is 326 g/mol. The molecule has 1 aliphatic heterocycles. The fourth-order valence-electron chi connectivity index (χ4n) is 2.55. The number of hydrogen-bond acceptors (Lipinski definition) is 5. The first kappa shape index (κ1) is 21.1. The molecule has 0 radical (unpaired) electrons. The highest BCUT2D eigenvalue weighted by molar-refractivity contribution is 5.86. The summed E-state index contributed by atoms with van der Waals surface area (Å²) in [5.74, 6) is 0.390. The van der Waals surface area contributed by atoms with E-state index in [1.165, 1.54) is 7.11 Å². The van der Waals surface area contributed by atoms with Crippen molar-refractivity contribution in [1.82, 2.24) is 15.1 Å². The maximum absolute atomic E-state index is 12.7. The lowest BCUT2D eigenvalue weighted by Crippen LogP contribution is -2.56. The number of carbonyl (C=O) groups is 3. The molecule has 0 aromatic heterocycles. The largest absolute Gasteiger partial charge is 0.453 e. The van der Waals surface area contributed by atoms with Gasteiger partial charge in [-0.1, -0.05) is 27.7 Å². The lowest BCUT2D eigenvalue weighted by molar-refractivity contribution is -0.135. The van der Waals surface area contributed by atoms with E-state index in [9.17, 15) is 14.4 Å². The number of hydrogen-bond donors (Lipinski definition) is 1. The Hall–Kier alpha value is -1.99. The van der Waals surface area contributed by atoms with E-state index in [0.29, 0.717) is 39.2 Å². The molecule has 1 atom stereocenters. The van der Waals surface area contributed by atoms with E-state index in [1.807, 2.05) is 27.7 Å². The molecule has 0 aliphatic carbocycles. The van der Waals surface area contributed by atoms with Crippen LogP contribution in [0.3, 0.4) is 0 Å². The van der Waals surface area contributed by atoms with Crippen LogP contribution in [0.2, 0.25) is 0 Å². The number of piperazine rings is 1. The molecule has 0 aromatic rings. The molecule has 1 fully saturated rings. The Kier molecular flexibility index (Phi) is 8.51. The van der Waals surface area contributed by atoms with Crippen LogP contribution in [0.1, 0.15) is 34.1 Å². The molecule has 0 aromatic carbocycles. The first-order chi connectivity index (χ1) is 11.7. The first-order valence-corrected chi connectivity index (χ1v) is 8.79. The molecule has 3 amide bonds. The van der Waals surface area contributed by atoms with Crippen LogP contribution in [0, 0.1) is 11.8 Å². The Morgan fingerprint density at radius 2 is 1.52 bits per heavy atom. The van der Waals surface area contributed by atoms with E-state index in [-0.39, 0.29) is 23.8 Å². The van der Waals surface area contributed by atoms with Gasteiger partial charge >= 0.3 is 12.2 Å². The molecule has 0 spiro atoms. The van der Waals surface area contributed by atoms with Gasteiger partial charge in [-0.15, -0.1) is 0 Å². The molecular formula is C17H31N3O5. The number of ether oxygens (including phenoxy) is 2. The number of rotatable bonds is 6. The monoisotopic (exact) mass is 357 g/mol. The van der Waals surface area contributed by atoms with E-state index in [4.69, 9.17) is 4.74 Å². The lowest BCUT2D eigenvalue weighted by atomic mass is 10.0. The third kappa shape index (κ3) is 7.19. The van der Waals surface area contributed by atoms with Crippen molar-refractivity contribution in [3.63, 3.8) is 0 Å². The highest BCUT2D eigenvalue weighted by atomic mass is 16.6. The number of carbonyl (C=O) groups excluding carboxylic acids is 3. The Labute approximate surface area is 149 Å². The molecule has 1 saturated heterocycles.